The van der Waals surface area contributed by atoms with Crippen LogP contribution < -0.4 is 0 Å². The summed E-state index contributed by atoms with van der Waals surface area (Å²) < 4.78 is 0. The first-order valence-electron chi connectivity index (χ1n) is 8.84. The molecule has 6 heteroatoms. The third-order valence-electron chi connectivity index (χ3n) is 4.33. The van der Waals surface area contributed by atoms with Gasteiger partial charge in [-0.2, -0.15) is 0 Å². The van der Waals surface area contributed by atoms with Gasteiger partial charge in [-0.3, -0.25) is 9.59 Å². The molecule has 27 heavy (non-hydrogen) atoms. The van der Waals surface area contributed by atoms with Gasteiger partial charge in [0.25, 0.3) is 5.91 Å². The van der Waals surface area contributed by atoms with E-state index in [-0.39, 0.29) is 11.8 Å². The lowest BCUT2D eigenvalue weighted by atomic mass is 10.1. The molecule has 2 aromatic rings. The normalized spacial score (nSPS) is 10.6. The molecule has 0 aliphatic carbocycles. The first-order chi connectivity index (χ1) is 12.8. The van der Waals surface area contributed by atoms with E-state index in [1.165, 1.54) is 0 Å². The predicted molar refractivity (Wildman–Crippen MR) is 110 cm³/mol. The Bertz CT molecular complexity index is 804. The number of amides is 2. The van der Waals surface area contributed by atoms with Gasteiger partial charge >= 0.3 is 0 Å². The van der Waals surface area contributed by atoms with Crippen molar-refractivity contribution >= 4 is 35.0 Å². The van der Waals surface area contributed by atoms with Crippen LogP contribution >= 0.6 is 23.2 Å². The summed E-state index contributed by atoms with van der Waals surface area (Å²) in [6.45, 7) is 3.10. The highest BCUT2D eigenvalue weighted by Crippen LogP contribution is 2.23. The third kappa shape index (κ3) is 5.98. The molecule has 0 heterocycles. The van der Waals surface area contributed by atoms with E-state index in [9.17, 15) is 9.59 Å². The van der Waals surface area contributed by atoms with Gasteiger partial charge in [0.2, 0.25) is 5.91 Å². The van der Waals surface area contributed by atoms with Gasteiger partial charge in [0.15, 0.2) is 0 Å². The average Bonchev–Trinajstić information content (AvgIpc) is 2.66. The molecule has 2 amide bonds. The standard InChI is InChI=1S/C21H24Cl2N2O2/c1-4-25(14-16-5-9-17(10-6-16)21(27)24(2)3)20(26)12-8-15-7-11-18(22)19(23)13-15/h5-7,9-11,13H,4,8,12,14H2,1-3H3. The SMILES string of the molecule is CCN(Cc1ccc(C(=O)N(C)C)cc1)C(=O)CCc1ccc(Cl)c(Cl)c1. The first-order valence-corrected chi connectivity index (χ1v) is 9.59. The Morgan fingerprint density at radius 1 is 0.926 bits per heavy atom. The van der Waals surface area contributed by atoms with Crippen LogP contribution in [0, 0.1) is 0 Å². The maximum Gasteiger partial charge on any atom is 0.253 e. The van der Waals surface area contributed by atoms with Gasteiger partial charge < -0.3 is 9.80 Å². The molecule has 0 saturated heterocycles. The molecule has 0 radical (unpaired) electrons. The zero-order chi connectivity index (χ0) is 20.0. The summed E-state index contributed by atoms with van der Waals surface area (Å²) in [6.07, 6.45) is 1.02. The van der Waals surface area contributed by atoms with Gasteiger partial charge in [-0.15, -0.1) is 0 Å². The van der Waals surface area contributed by atoms with E-state index in [0.29, 0.717) is 41.5 Å². The summed E-state index contributed by atoms with van der Waals surface area (Å²) in [5.41, 5.74) is 2.62. The minimum absolute atomic E-state index is 0.0356. The Morgan fingerprint density at radius 3 is 2.11 bits per heavy atom. The second-order valence-corrected chi connectivity index (χ2v) is 7.37. The number of nitrogens with zero attached hydrogens (tertiary/aromatic N) is 2. The molecule has 0 aromatic heterocycles. The molecule has 0 atom stereocenters. The highest BCUT2D eigenvalue weighted by atomic mass is 35.5. The van der Waals surface area contributed by atoms with Crippen molar-refractivity contribution in [2.75, 3.05) is 20.6 Å². The van der Waals surface area contributed by atoms with Gasteiger partial charge in [0.05, 0.1) is 10.0 Å². The third-order valence-corrected chi connectivity index (χ3v) is 5.07. The van der Waals surface area contributed by atoms with E-state index in [2.05, 4.69) is 0 Å². The van der Waals surface area contributed by atoms with Crippen LogP contribution in [0.25, 0.3) is 0 Å². The number of hydrogen-bond acceptors (Lipinski definition) is 2. The fraction of sp³-hybridized carbons (Fsp3) is 0.333. The van der Waals surface area contributed by atoms with Gasteiger partial charge in [-0.25, -0.2) is 0 Å². The number of carbonyl (C=O) groups is 2. The van der Waals surface area contributed by atoms with Gasteiger partial charge in [-0.05, 0) is 48.7 Å². The molecular weight excluding hydrogens is 383 g/mol. The van der Waals surface area contributed by atoms with E-state index in [4.69, 9.17) is 23.2 Å². The molecule has 0 unspecified atom stereocenters. The lowest BCUT2D eigenvalue weighted by molar-refractivity contribution is -0.131. The first kappa shape index (κ1) is 21.3. The second kappa shape index (κ2) is 9.77. The maximum absolute atomic E-state index is 12.6. The van der Waals surface area contributed by atoms with E-state index in [1.807, 2.05) is 25.1 Å². The van der Waals surface area contributed by atoms with E-state index < -0.39 is 0 Å². The van der Waals surface area contributed by atoms with Crippen molar-refractivity contribution in [1.29, 1.82) is 0 Å². The number of rotatable bonds is 7. The monoisotopic (exact) mass is 406 g/mol. The number of hydrogen-bond donors (Lipinski definition) is 0. The Morgan fingerprint density at radius 2 is 1.56 bits per heavy atom. The number of aryl methyl sites for hydroxylation is 1. The molecule has 0 saturated carbocycles. The van der Waals surface area contributed by atoms with E-state index in [1.54, 1.807) is 48.2 Å². The van der Waals surface area contributed by atoms with Crippen molar-refractivity contribution in [1.82, 2.24) is 9.80 Å². The van der Waals surface area contributed by atoms with Crippen LogP contribution in [-0.4, -0.2) is 42.3 Å². The number of carbonyl (C=O) groups excluding carboxylic acids is 2. The zero-order valence-corrected chi connectivity index (χ0v) is 17.3. The van der Waals surface area contributed by atoms with Crippen LogP contribution in [0.3, 0.4) is 0 Å². The lowest BCUT2D eigenvalue weighted by Gasteiger charge is -2.21. The summed E-state index contributed by atoms with van der Waals surface area (Å²) in [4.78, 5) is 27.9. The quantitative estimate of drug-likeness (QED) is 0.669. The van der Waals surface area contributed by atoms with E-state index >= 15 is 0 Å². The molecule has 0 aliphatic heterocycles. The number of halogens is 2. The summed E-state index contributed by atoms with van der Waals surface area (Å²) in [5, 5.41) is 1.01. The van der Waals surface area contributed by atoms with E-state index in [0.717, 1.165) is 11.1 Å². The second-order valence-electron chi connectivity index (χ2n) is 6.55. The van der Waals surface area contributed by atoms with Crippen LogP contribution in [0.5, 0.6) is 0 Å². The minimum atomic E-state index is -0.0356. The zero-order valence-electron chi connectivity index (χ0n) is 15.8. The molecule has 4 nitrogen and oxygen atoms in total. The molecule has 0 fully saturated rings. The van der Waals surface area contributed by atoms with Crippen LogP contribution in [0.1, 0.15) is 34.8 Å². The maximum atomic E-state index is 12.6. The van der Waals surface area contributed by atoms with Crippen molar-refractivity contribution in [2.24, 2.45) is 0 Å². The smallest absolute Gasteiger partial charge is 0.253 e. The van der Waals surface area contributed by atoms with Gasteiger partial charge in [0, 0.05) is 39.2 Å². The summed E-state index contributed by atoms with van der Waals surface area (Å²) >= 11 is 12.0. The lowest BCUT2D eigenvalue weighted by Crippen LogP contribution is -2.30. The molecule has 144 valence electrons. The van der Waals surface area contributed by atoms with Crippen molar-refractivity contribution in [3.05, 3.63) is 69.2 Å². The Balaban J connectivity index is 1.96. The molecule has 0 N–H and O–H groups in total. The summed E-state index contributed by atoms with van der Waals surface area (Å²) in [5.74, 6) is 0.0450. The topological polar surface area (TPSA) is 40.6 Å². The summed E-state index contributed by atoms with van der Waals surface area (Å²) in [6, 6.07) is 12.8. The van der Waals surface area contributed by atoms with Crippen molar-refractivity contribution in [3.8, 4) is 0 Å². The average molecular weight is 407 g/mol. The van der Waals surface area contributed by atoms with Gasteiger partial charge in [-0.1, -0.05) is 41.4 Å². The molecule has 2 rings (SSSR count). The molecule has 0 bridgehead atoms. The highest BCUT2D eigenvalue weighted by Gasteiger charge is 2.14. The van der Waals surface area contributed by atoms with Crippen LogP contribution in [0.15, 0.2) is 42.5 Å². The fourth-order valence-electron chi connectivity index (χ4n) is 2.71. The Kier molecular flexibility index (Phi) is 7.69. The molecule has 0 aliphatic rings. The highest BCUT2D eigenvalue weighted by molar-refractivity contribution is 6.42. The molecular formula is C21H24Cl2N2O2. The minimum Gasteiger partial charge on any atom is -0.345 e. The fourth-order valence-corrected chi connectivity index (χ4v) is 3.03. The van der Waals surface area contributed by atoms with Crippen LogP contribution in [0.2, 0.25) is 10.0 Å². The van der Waals surface area contributed by atoms with Crippen molar-refractivity contribution in [2.45, 2.75) is 26.3 Å². The van der Waals surface area contributed by atoms with Crippen LogP contribution in [-0.2, 0) is 17.8 Å². The predicted octanol–water partition coefficient (Wildman–Crippen LogP) is 4.68. The number of benzene rings is 2. The summed E-state index contributed by atoms with van der Waals surface area (Å²) in [7, 11) is 3.45. The Labute approximate surface area is 170 Å². The Hall–Kier alpha value is -2.04. The molecule has 2 aromatic carbocycles. The van der Waals surface area contributed by atoms with Crippen molar-refractivity contribution in [3.63, 3.8) is 0 Å². The van der Waals surface area contributed by atoms with Gasteiger partial charge in [0.1, 0.15) is 0 Å². The van der Waals surface area contributed by atoms with Crippen LogP contribution in [0.4, 0.5) is 0 Å². The van der Waals surface area contributed by atoms with Crippen molar-refractivity contribution < 1.29 is 9.59 Å². The molecule has 0 spiro atoms. The largest absolute Gasteiger partial charge is 0.345 e.